The number of aryl methyl sites for hydroxylation is 1. The van der Waals surface area contributed by atoms with Gasteiger partial charge < -0.3 is 9.80 Å². The van der Waals surface area contributed by atoms with E-state index >= 15 is 0 Å². The number of amides is 1. The topological polar surface area (TPSA) is 49.3 Å². The summed E-state index contributed by atoms with van der Waals surface area (Å²) >= 11 is 5.99. The molecule has 1 heterocycles. The minimum atomic E-state index is 0.0132. The third-order valence-corrected chi connectivity index (χ3v) is 2.77. The quantitative estimate of drug-likeness (QED) is 0.765. The molecule has 0 aliphatic rings. The summed E-state index contributed by atoms with van der Waals surface area (Å²) in [7, 11) is 5.26. The number of hydrogen-bond acceptors (Lipinski definition) is 4. The van der Waals surface area contributed by atoms with Crippen molar-refractivity contribution >= 4 is 23.3 Å². The minimum absolute atomic E-state index is 0.0132. The van der Waals surface area contributed by atoms with Crippen LogP contribution >= 0.6 is 11.6 Å². The van der Waals surface area contributed by atoms with Crippen LogP contribution in [0.3, 0.4) is 0 Å². The van der Waals surface area contributed by atoms with Gasteiger partial charge in [0.1, 0.15) is 16.8 Å². The highest BCUT2D eigenvalue weighted by atomic mass is 35.5. The first kappa shape index (κ1) is 13.7. The number of carbonyl (C=O) groups excluding carboxylic acids is 1. The molecule has 94 valence electrons. The van der Waals surface area contributed by atoms with E-state index in [1.165, 1.54) is 0 Å². The van der Waals surface area contributed by atoms with Gasteiger partial charge in [0, 0.05) is 26.7 Å². The van der Waals surface area contributed by atoms with E-state index in [9.17, 15) is 4.79 Å². The summed E-state index contributed by atoms with van der Waals surface area (Å²) in [5.41, 5.74) is 0.784. The van der Waals surface area contributed by atoms with Crippen LogP contribution in [0.5, 0.6) is 0 Å². The van der Waals surface area contributed by atoms with Crippen LogP contribution in [-0.4, -0.2) is 48.5 Å². The Bertz CT molecular complexity index is 434. The van der Waals surface area contributed by atoms with E-state index < -0.39 is 0 Å². The van der Waals surface area contributed by atoms with Crippen LogP contribution in [0, 0.1) is 13.8 Å². The van der Waals surface area contributed by atoms with E-state index in [4.69, 9.17) is 11.6 Å². The summed E-state index contributed by atoms with van der Waals surface area (Å²) in [5.74, 6) is 1.30. The Morgan fingerprint density at radius 3 is 2.35 bits per heavy atom. The molecule has 0 aliphatic heterocycles. The maximum Gasteiger partial charge on any atom is 0.241 e. The van der Waals surface area contributed by atoms with Gasteiger partial charge in [0.15, 0.2) is 0 Å². The van der Waals surface area contributed by atoms with Gasteiger partial charge in [-0.15, -0.1) is 0 Å². The second kappa shape index (κ2) is 5.31. The molecule has 0 saturated carbocycles. The molecule has 1 aromatic rings. The van der Waals surface area contributed by atoms with Crippen molar-refractivity contribution in [2.75, 3.05) is 32.6 Å². The number of aromatic nitrogens is 2. The fourth-order valence-electron chi connectivity index (χ4n) is 1.37. The first-order valence-corrected chi connectivity index (χ1v) is 5.62. The molecule has 6 heteroatoms. The molecule has 0 unspecified atom stereocenters. The number of halogens is 1. The van der Waals surface area contributed by atoms with E-state index in [1.807, 2.05) is 14.0 Å². The maximum absolute atomic E-state index is 11.6. The monoisotopic (exact) mass is 256 g/mol. The zero-order chi connectivity index (χ0) is 13.2. The summed E-state index contributed by atoms with van der Waals surface area (Å²) in [6.07, 6.45) is 0. The molecule has 0 fully saturated rings. The largest absolute Gasteiger partial charge is 0.350 e. The molecule has 17 heavy (non-hydrogen) atoms. The first-order valence-electron chi connectivity index (χ1n) is 5.25. The van der Waals surface area contributed by atoms with Gasteiger partial charge in [0.05, 0.1) is 6.54 Å². The highest BCUT2D eigenvalue weighted by molar-refractivity contribution is 6.30. The number of nitrogens with zero attached hydrogens (tertiary/aromatic N) is 4. The zero-order valence-electron chi connectivity index (χ0n) is 10.8. The molecule has 0 bridgehead atoms. The summed E-state index contributed by atoms with van der Waals surface area (Å²) < 4.78 is 0. The van der Waals surface area contributed by atoms with E-state index in [-0.39, 0.29) is 12.5 Å². The molecule has 1 aromatic heterocycles. The van der Waals surface area contributed by atoms with Gasteiger partial charge in [0.25, 0.3) is 0 Å². The van der Waals surface area contributed by atoms with Crippen molar-refractivity contribution in [1.29, 1.82) is 0 Å². The number of likely N-dealkylation sites (N-methyl/N-ethyl adjacent to an activating group) is 2. The second-order valence-electron chi connectivity index (χ2n) is 4.15. The molecule has 0 spiro atoms. The maximum atomic E-state index is 11.6. The van der Waals surface area contributed by atoms with Crippen molar-refractivity contribution < 1.29 is 4.79 Å². The second-order valence-corrected chi connectivity index (χ2v) is 4.51. The fraction of sp³-hybridized carbons (Fsp3) is 0.545. The fourth-order valence-corrected chi connectivity index (χ4v) is 1.58. The van der Waals surface area contributed by atoms with Crippen molar-refractivity contribution in [1.82, 2.24) is 14.9 Å². The predicted octanol–water partition coefficient (Wildman–Crippen LogP) is 1.27. The summed E-state index contributed by atoms with van der Waals surface area (Å²) in [5, 5.41) is 0.427. The molecule has 1 amide bonds. The van der Waals surface area contributed by atoms with Gasteiger partial charge in [-0.05, 0) is 13.8 Å². The zero-order valence-corrected chi connectivity index (χ0v) is 11.5. The lowest BCUT2D eigenvalue weighted by Crippen LogP contribution is -2.35. The molecule has 0 radical (unpaired) electrons. The minimum Gasteiger partial charge on any atom is -0.350 e. The highest BCUT2D eigenvalue weighted by Gasteiger charge is 2.15. The predicted molar refractivity (Wildman–Crippen MR) is 68.5 cm³/mol. The third kappa shape index (κ3) is 3.30. The number of anilines is 1. The van der Waals surface area contributed by atoms with Gasteiger partial charge in [-0.25, -0.2) is 9.97 Å². The summed E-state index contributed by atoms with van der Waals surface area (Å²) in [6.45, 7) is 3.88. The Balaban J connectivity index is 2.96. The summed E-state index contributed by atoms with van der Waals surface area (Å²) in [4.78, 5) is 23.3. The van der Waals surface area contributed by atoms with Crippen molar-refractivity contribution in [3.8, 4) is 0 Å². The average molecular weight is 257 g/mol. The van der Waals surface area contributed by atoms with Crippen molar-refractivity contribution in [3.05, 3.63) is 16.5 Å². The Hall–Kier alpha value is -1.36. The van der Waals surface area contributed by atoms with E-state index in [1.54, 1.807) is 30.8 Å². The lowest BCUT2D eigenvalue weighted by atomic mass is 10.3. The van der Waals surface area contributed by atoms with Crippen molar-refractivity contribution in [3.63, 3.8) is 0 Å². The van der Waals surface area contributed by atoms with Gasteiger partial charge >= 0.3 is 0 Å². The Morgan fingerprint density at radius 1 is 1.24 bits per heavy atom. The van der Waals surface area contributed by atoms with Crippen LogP contribution in [0.25, 0.3) is 0 Å². The lowest BCUT2D eigenvalue weighted by molar-refractivity contribution is -0.127. The molecule has 1 rings (SSSR count). The Kier molecular flexibility index (Phi) is 4.28. The van der Waals surface area contributed by atoms with Crippen molar-refractivity contribution in [2.24, 2.45) is 0 Å². The van der Waals surface area contributed by atoms with Gasteiger partial charge in [-0.2, -0.15) is 0 Å². The van der Waals surface area contributed by atoms with Crippen LogP contribution < -0.4 is 4.90 Å². The van der Waals surface area contributed by atoms with E-state index in [2.05, 4.69) is 9.97 Å². The van der Waals surface area contributed by atoms with Crippen LogP contribution in [0.15, 0.2) is 0 Å². The van der Waals surface area contributed by atoms with E-state index in [0.29, 0.717) is 16.8 Å². The third-order valence-electron chi connectivity index (χ3n) is 2.41. The van der Waals surface area contributed by atoms with Crippen LogP contribution in [-0.2, 0) is 4.79 Å². The number of carbonyl (C=O) groups is 1. The Labute approximate surface area is 106 Å². The molecule has 0 aromatic carbocycles. The number of rotatable bonds is 3. The smallest absolute Gasteiger partial charge is 0.241 e. The number of hydrogen-bond donors (Lipinski definition) is 0. The lowest BCUT2D eigenvalue weighted by Gasteiger charge is -2.22. The SMILES string of the molecule is Cc1nc(Cl)c(C)c(N(C)CC(=O)N(C)C)n1. The van der Waals surface area contributed by atoms with Gasteiger partial charge in [0.2, 0.25) is 5.91 Å². The van der Waals surface area contributed by atoms with Crippen LogP contribution in [0.2, 0.25) is 5.15 Å². The molecule has 0 N–H and O–H groups in total. The molecular formula is C11H17ClN4O. The molecule has 0 aliphatic carbocycles. The standard InChI is InChI=1S/C11H17ClN4O/c1-7-10(12)13-8(2)14-11(7)16(5)6-9(17)15(3)4/h6H2,1-5H3. The highest BCUT2D eigenvalue weighted by Crippen LogP contribution is 2.22. The first-order chi connectivity index (χ1) is 7.82. The van der Waals surface area contributed by atoms with Gasteiger partial charge in [-0.3, -0.25) is 4.79 Å². The molecule has 0 saturated heterocycles. The van der Waals surface area contributed by atoms with Gasteiger partial charge in [-0.1, -0.05) is 11.6 Å². The average Bonchev–Trinajstić information content (AvgIpc) is 2.22. The van der Waals surface area contributed by atoms with Crippen LogP contribution in [0.4, 0.5) is 5.82 Å². The summed E-state index contributed by atoms with van der Waals surface area (Å²) in [6, 6.07) is 0. The van der Waals surface area contributed by atoms with Crippen LogP contribution in [0.1, 0.15) is 11.4 Å². The Morgan fingerprint density at radius 2 is 1.82 bits per heavy atom. The molecule has 0 atom stereocenters. The van der Waals surface area contributed by atoms with Crippen molar-refractivity contribution in [2.45, 2.75) is 13.8 Å². The molecule has 5 nitrogen and oxygen atoms in total. The molecular weight excluding hydrogens is 240 g/mol. The van der Waals surface area contributed by atoms with E-state index in [0.717, 1.165) is 5.56 Å². The normalized spacial score (nSPS) is 10.2.